The highest BCUT2D eigenvalue weighted by Crippen LogP contribution is 2.19. The van der Waals surface area contributed by atoms with Crippen LogP contribution in [0.15, 0.2) is 18.2 Å². The van der Waals surface area contributed by atoms with E-state index < -0.39 is 0 Å². The van der Waals surface area contributed by atoms with E-state index in [4.69, 9.17) is 16.7 Å². The van der Waals surface area contributed by atoms with Crippen LogP contribution in [0.5, 0.6) is 0 Å². The van der Waals surface area contributed by atoms with Crippen molar-refractivity contribution in [3.63, 3.8) is 0 Å². The smallest absolute Gasteiger partial charge is 0.108 e. The minimum absolute atomic E-state index is 0.117. The molecule has 2 rings (SSSR count). The number of hydrogen-bond donors (Lipinski definition) is 2. The fraction of sp³-hybridized carbons (Fsp3) is 0.357. The van der Waals surface area contributed by atoms with Gasteiger partial charge in [-0.25, -0.2) is 4.98 Å². The first-order valence-corrected chi connectivity index (χ1v) is 6.38. The number of aryl methyl sites for hydroxylation is 2. The summed E-state index contributed by atoms with van der Waals surface area (Å²) in [6, 6.07) is 5.91. The number of halogens is 1. The lowest BCUT2D eigenvalue weighted by Gasteiger charge is -2.05. The van der Waals surface area contributed by atoms with Crippen LogP contribution in [0.4, 0.5) is 0 Å². The van der Waals surface area contributed by atoms with Gasteiger partial charge in [0.2, 0.25) is 0 Å². The molecule has 0 fully saturated rings. The lowest BCUT2D eigenvalue weighted by molar-refractivity contribution is 0.297. The summed E-state index contributed by atoms with van der Waals surface area (Å²) in [5, 5.41) is 9.67. The Morgan fingerprint density at radius 1 is 1.33 bits per heavy atom. The molecule has 2 N–H and O–H groups in total. The third-order valence-electron chi connectivity index (χ3n) is 3.05. The molecule has 2 aromatic rings. The molecule has 96 valence electrons. The SMILES string of the molecule is Cc1cc(Cl)ccc1Cc1nc(CCO)[nH]c1C. The molecule has 0 aliphatic rings. The molecule has 0 atom stereocenters. The molecule has 0 saturated carbocycles. The number of hydrogen-bond acceptors (Lipinski definition) is 2. The summed E-state index contributed by atoms with van der Waals surface area (Å²) in [6.45, 7) is 4.18. The van der Waals surface area contributed by atoms with Crippen molar-refractivity contribution in [2.45, 2.75) is 26.7 Å². The van der Waals surface area contributed by atoms with E-state index in [1.54, 1.807) is 0 Å². The predicted molar refractivity (Wildman–Crippen MR) is 73.1 cm³/mol. The standard InChI is InChI=1S/C14H17ClN2O/c1-9-7-12(15)4-3-11(9)8-13-10(2)16-14(17-13)5-6-18/h3-4,7,18H,5-6,8H2,1-2H3,(H,16,17). The minimum Gasteiger partial charge on any atom is -0.396 e. The monoisotopic (exact) mass is 264 g/mol. The zero-order valence-corrected chi connectivity index (χ0v) is 11.4. The van der Waals surface area contributed by atoms with Gasteiger partial charge in [0, 0.05) is 23.6 Å². The van der Waals surface area contributed by atoms with Crippen LogP contribution in [-0.2, 0) is 12.8 Å². The third-order valence-corrected chi connectivity index (χ3v) is 3.28. The van der Waals surface area contributed by atoms with E-state index in [1.165, 1.54) is 11.1 Å². The topological polar surface area (TPSA) is 48.9 Å². The van der Waals surface area contributed by atoms with Gasteiger partial charge in [0.05, 0.1) is 12.3 Å². The first-order valence-electron chi connectivity index (χ1n) is 6.00. The number of nitrogens with zero attached hydrogens (tertiary/aromatic N) is 1. The van der Waals surface area contributed by atoms with Gasteiger partial charge in [0.15, 0.2) is 0 Å². The van der Waals surface area contributed by atoms with Crippen molar-refractivity contribution in [3.8, 4) is 0 Å². The number of rotatable bonds is 4. The van der Waals surface area contributed by atoms with Crippen LogP contribution >= 0.6 is 11.6 Å². The fourth-order valence-corrected chi connectivity index (χ4v) is 2.22. The van der Waals surface area contributed by atoms with E-state index in [0.717, 1.165) is 28.7 Å². The molecular formula is C14H17ClN2O. The molecule has 0 bridgehead atoms. The second-order valence-electron chi connectivity index (χ2n) is 4.48. The molecule has 0 radical (unpaired) electrons. The summed E-state index contributed by atoms with van der Waals surface area (Å²) in [5.41, 5.74) is 4.50. The molecule has 1 aromatic heterocycles. The number of aliphatic hydroxyl groups excluding tert-OH is 1. The molecule has 1 heterocycles. The molecule has 1 aromatic carbocycles. The number of nitrogens with one attached hydrogen (secondary N) is 1. The number of benzene rings is 1. The average molecular weight is 265 g/mol. The molecule has 18 heavy (non-hydrogen) atoms. The van der Waals surface area contributed by atoms with Gasteiger partial charge in [-0.2, -0.15) is 0 Å². The lowest BCUT2D eigenvalue weighted by Crippen LogP contribution is -1.95. The molecule has 0 unspecified atom stereocenters. The van der Waals surface area contributed by atoms with Gasteiger partial charge in [0.1, 0.15) is 5.82 Å². The summed E-state index contributed by atoms with van der Waals surface area (Å²) in [5.74, 6) is 0.844. The van der Waals surface area contributed by atoms with Crippen molar-refractivity contribution in [2.75, 3.05) is 6.61 Å². The summed E-state index contributed by atoms with van der Waals surface area (Å²) < 4.78 is 0. The van der Waals surface area contributed by atoms with E-state index in [-0.39, 0.29) is 6.61 Å². The van der Waals surface area contributed by atoms with Crippen LogP contribution in [-0.4, -0.2) is 21.7 Å². The molecule has 3 nitrogen and oxygen atoms in total. The van der Waals surface area contributed by atoms with Crippen LogP contribution in [0.25, 0.3) is 0 Å². The maximum atomic E-state index is 8.91. The predicted octanol–water partition coefficient (Wildman–Crippen LogP) is 2.81. The van der Waals surface area contributed by atoms with Gasteiger partial charge in [-0.15, -0.1) is 0 Å². The first kappa shape index (κ1) is 13.1. The Bertz CT molecular complexity index is 549. The van der Waals surface area contributed by atoms with Crippen LogP contribution in [0.1, 0.15) is 28.3 Å². The Hall–Kier alpha value is -1.32. The zero-order valence-electron chi connectivity index (χ0n) is 10.6. The van der Waals surface area contributed by atoms with Crippen LogP contribution in [0.3, 0.4) is 0 Å². The Morgan fingerprint density at radius 2 is 2.11 bits per heavy atom. The van der Waals surface area contributed by atoms with Crippen molar-refractivity contribution < 1.29 is 5.11 Å². The summed E-state index contributed by atoms with van der Waals surface area (Å²) in [4.78, 5) is 7.71. The zero-order chi connectivity index (χ0) is 13.1. The number of aromatic amines is 1. The van der Waals surface area contributed by atoms with Gasteiger partial charge in [-0.3, -0.25) is 0 Å². The van der Waals surface area contributed by atoms with Gasteiger partial charge in [-0.05, 0) is 37.1 Å². The molecular weight excluding hydrogens is 248 g/mol. The van der Waals surface area contributed by atoms with E-state index in [1.807, 2.05) is 25.1 Å². The molecule has 0 spiro atoms. The van der Waals surface area contributed by atoms with E-state index in [0.29, 0.717) is 6.42 Å². The van der Waals surface area contributed by atoms with Gasteiger partial charge in [-0.1, -0.05) is 17.7 Å². The van der Waals surface area contributed by atoms with Gasteiger partial charge >= 0.3 is 0 Å². The number of aliphatic hydroxyl groups is 1. The van der Waals surface area contributed by atoms with Crippen molar-refractivity contribution >= 4 is 11.6 Å². The molecule has 0 saturated heterocycles. The Labute approximate surface area is 112 Å². The Balaban J connectivity index is 2.22. The Morgan fingerprint density at radius 3 is 2.78 bits per heavy atom. The van der Waals surface area contributed by atoms with Crippen molar-refractivity contribution in [1.29, 1.82) is 0 Å². The first-order chi connectivity index (χ1) is 8.60. The summed E-state index contributed by atoms with van der Waals surface area (Å²) in [7, 11) is 0. The number of imidazole rings is 1. The summed E-state index contributed by atoms with van der Waals surface area (Å²) in [6.07, 6.45) is 1.36. The van der Waals surface area contributed by atoms with Crippen molar-refractivity contribution in [1.82, 2.24) is 9.97 Å². The van der Waals surface area contributed by atoms with Gasteiger partial charge < -0.3 is 10.1 Å². The lowest BCUT2D eigenvalue weighted by atomic mass is 10.0. The van der Waals surface area contributed by atoms with E-state index in [9.17, 15) is 0 Å². The number of H-pyrrole nitrogens is 1. The van der Waals surface area contributed by atoms with Crippen molar-refractivity contribution in [2.24, 2.45) is 0 Å². The number of aromatic nitrogens is 2. The average Bonchev–Trinajstić information content (AvgIpc) is 2.64. The minimum atomic E-state index is 0.117. The quantitative estimate of drug-likeness (QED) is 0.892. The third kappa shape index (κ3) is 2.92. The molecule has 0 amide bonds. The van der Waals surface area contributed by atoms with Crippen LogP contribution in [0.2, 0.25) is 5.02 Å². The normalized spacial score (nSPS) is 10.9. The Kier molecular flexibility index (Phi) is 4.04. The maximum absolute atomic E-state index is 8.91. The van der Waals surface area contributed by atoms with Crippen LogP contribution in [0, 0.1) is 13.8 Å². The second kappa shape index (κ2) is 5.55. The largest absolute Gasteiger partial charge is 0.396 e. The maximum Gasteiger partial charge on any atom is 0.108 e. The fourth-order valence-electron chi connectivity index (χ4n) is 2.00. The highest BCUT2D eigenvalue weighted by molar-refractivity contribution is 6.30. The van der Waals surface area contributed by atoms with E-state index in [2.05, 4.69) is 16.9 Å². The molecule has 0 aliphatic heterocycles. The highest BCUT2D eigenvalue weighted by atomic mass is 35.5. The van der Waals surface area contributed by atoms with Crippen LogP contribution < -0.4 is 0 Å². The molecule has 4 heteroatoms. The highest BCUT2D eigenvalue weighted by Gasteiger charge is 2.09. The molecule has 0 aliphatic carbocycles. The van der Waals surface area contributed by atoms with Gasteiger partial charge in [0.25, 0.3) is 0 Å². The summed E-state index contributed by atoms with van der Waals surface area (Å²) >= 11 is 5.95. The second-order valence-corrected chi connectivity index (χ2v) is 4.91. The van der Waals surface area contributed by atoms with Crippen molar-refractivity contribution in [3.05, 3.63) is 51.6 Å². The van der Waals surface area contributed by atoms with E-state index >= 15 is 0 Å².